The van der Waals surface area contributed by atoms with E-state index in [2.05, 4.69) is 15.3 Å². The average Bonchev–Trinajstić information content (AvgIpc) is 3.27. The number of aromatic nitrogens is 2. The molecular weight excluding hydrogens is 398 g/mol. The smallest absolute Gasteiger partial charge is 0.345 e. The molecule has 142 valence electrons. The van der Waals surface area contributed by atoms with Gasteiger partial charge in [-0.15, -0.1) is 22.7 Å². The van der Waals surface area contributed by atoms with Gasteiger partial charge in [-0.05, 0) is 32.0 Å². The zero-order chi connectivity index (χ0) is 19.7. The molecule has 0 saturated heterocycles. The molecule has 1 N–H and O–H groups in total. The van der Waals surface area contributed by atoms with Gasteiger partial charge in [-0.1, -0.05) is 0 Å². The zero-order valence-corrected chi connectivity index (χ0v) is 16.6. The number of hydrogen-bond acceptors (Lipinski definition) is 8. The van der Waals surface area contributed by atoms with E-state index in [1.165, 1.54) is 22.7 Å². The van der Waals surface area contributed by atoms with Crippen molar-refractivity contribution in [2.24, 2.45) is 0 Å². The monoisotopic (exact) mass is 413 g/mol. The summed E-state index contributed by atoms with van der Waals surface area (Å²) in [6.45, 7) is 3.62. The van der Waals surface area contributed by atoms with Crippen LogP contribution in [0.15, 0.2) is 45.1 Å². The van der Waals surface area contributed by atoms with Crippen molar-refractivity contribution in [2.75, 3.05) is 11.9 Å². The van der Waals surface area contributed by atoms with Crippen molar-refractivity contribution < 1.29 is 13.9 Å². The highest BCUT2D eigenvalue weighted by Crippen LogP contribution is 2.25. The second-order valence-corrected chi connectivity index (χ2v) is 8.31. The third kappa shape index (κ3) is 3.95. The highest BCUT2D eigenvalue weighted by molar-refractivity contribution is 7.15. The minimum Gasteiger partial charge on any atom is -0.484 e. The van der Waals surface area contributed by atoms with Gasteiger partial charge in [0, 0.05) is 27.9 Å². The molecule has 7 nitrogen and oxygen atoms in total. The highest BCUT2D eigenvalue weighted by atomic mass is 32.1. The first-order valence-corrected chi connectivity index (χ1v) is 10.0. The molecule has 0 atom stereocenters. The summed E-state index contributed by atoms with van der Waals surface area (Å²) in [5.41, 5.74) is 0.942. The quantitative estimate of drug-likeness (QED) is 0.497. The van der Waals surface area contributed by atoms with E-state index in [0.717, 1.165) is 15.3 Å². The first-order valence-electron chi connectivity index (χ1n) is 8.33. The molecule has 0 aliphatic rings. The molecule has 0 saturated carbocycles. The summed E-state index contributed by atoms with van der Waals surface area (Å²) in [7, 11) is 0. The largest absolute Gasteiger partial charge is 0.484 e. The molecule has 3 aromatic heterocycles. The molecule has 1 aromatic carbocycles. The molecule has 0 spiro atoms. The fraction of sp³-hybridized carbons (Fsp3) is 0.158. The SMILES string of the molecule is Cc1cnc(NC(=O)COc2ccc3cc(-c4csc(C)n4)c(=O)oc3c2)s1. The zero-order valence-electron chi connectivity index (χ0n) is 15.0. The fourth-order valence-corrected chi connectivity index (χ4v) is 3.86. The highest BCUT2D eigenvalue weighted by Gasteiger charge is 2.12. The Balaban J connectivity index is 1.50. The van der Waals surface area contributed by atoms with Crippen molar-refractivity contribution in [3.8, 4) is 17.0 Å². The van der Waals surface area contributed by atoms with Crippen molar-refractivity contribution in [3.63, 3.8) is 0 Å². The Kier molecular flexibility index (Phi) is 4.93. The second-order valence-electron chi connectivity index (χ2n) is 6.01. The molecule has 0 fully saturated rings. The molecule has 0 bridgehead atoms. The van der Waals surface area contributed by atoms with Crippen LogP contribution < -0.4 is 15.7 Å². The Hall–Kier alpha value is -3.04. The minimum absolute atomic E-state index is 0.176. The number of benzene rings is 1. The lowest BCUT2D eigenvalue weighted by Crippen LogP contribution is -2.20. The topological polar surface area (TPSA) is 94.3 Å². The molecule has 0 radical (unpaired) electrons. The van der Waals surface area contributed by atoms with Crippen LogP contribution in [0.3, 0.4) is 0 Å². The third-order valence-corrected chi connectivity index (χ3v) is 5.44. The van der Waals surface area contributed by atoms with E-state index >= 15 is 0 Å². The maximum absolute atomic E-state index is 12.3. The number of nitrogens with zero attached hydrogens (tertiary/aromatic N) is 2. The van der Waals surface area contributed by atoms with Crippen molar-refractivity contribution >= 4 is 44.7 Å². The Morgan fingerprint density at radius 3 is 2.86 bits per heavy atom. The van der Waals surface area contributed by atoms with Crippen LogP contribution in [0.1, 0.15) is 9.88 Å². The van der Waals surface area contributed by atoms with Gasteiger partial charge < -0.3 is 9.15 Å². The summed E-state index contributed by atoms with van der Waals surface area (Å²) >= 11 is 2.86. The van der Waals surface area contributed by atoms with Crippen molar-refractivity contribution in [3.05, 3.63) is 56.1 Å². The van der Waals surface area contributed by atoms with Crippen LogP contribution in [0.2, 0.25) is 0 Å². The number of thiazole rings is 2. The predicted octanol–water partition coefficient (Wildman–Crippen LogP) is 4.01. The van der Waals surface area contributed by atoms with Crippen molar-refractivity contribution in [1.29, 1.82) is 0 Å². The number of anilines is 1. The molecule has 0 aliphatic carbocycles. The van der Waals surface area contributed by atoms with Gasteiger partial charge in [-0.2, -0.15) is 0 Å². The van der Waals surface area contributed by atoms with Gasteiger partial charge in [0.1, 0.15) is 11.3 Å². The van der Waals surface area contributed by atoms with Gasteiger partial charge in [-0.25, -0.2) is 14.8 Å². The van der Waals surface area contributed by atoms with Crippen LogP contribution in [-0.2, 0) is 4.79 Å². The van der Waals surface area contributed by atoms with Crippen molar-refractivity contribution in [1.82, 2.24) is 9.97 Å². The van der Waals surface area contributed by atoms with E-state index in [1.807, 2.05) is 19.2 Å². The Morgan fingerprint density at radius 1 is 1.29 bits per heavy atom. The number of fused-ring (bicyclic) bond motifs is 1. The summed E-state index contributed by atoms with van der Waals surface area (Å²) in [5.74, 6) is 0.114. The second kappa shape index (κ2) is 7.53. The van der Waals surface area contributed by atoms with E-state index in [-0.39, 0.29) is 12.5 Å². The minimum atomic E-state index is -0.466. The molecule has 0 unspecified atom stereocenters. The lowest BCUT2D eigenvalue weighted by atomic mass is 10.1. The van der Waals surface area contributed by atoms with Gasteiger partial charge in [0.25, 0.3) is 5.91 Å². The number of rotatable bonds is 5. The van der Waals surface area contributed by atoms with E-state index in [9.17, 15) is 9.59 Å². The third-order valence-electron chi connectivity index (χ3n) is 3.84. The normalized spacial score (nSPS) is 10.9. The summed E-state index contributed by atoms with van der Waals surface area (Å²) in [6, 6.07) is 6.84. The Bertz CT molecular complexity index is 1230. The molecule has 0 aliphatic heterocycles. The van der Waals surface area contributed by atoms with Gasteiger partial charge >= 0.3 is 5.63 Å². The van der Waals surface area contributed by atoms with Crippen LogP contribution >= 0.6 is 22.7 Å². The number of nitrogens with one attached hydrogen (secondary N) is 1. The number of amides is 1. The van der Waals surface area contributed by atoms with Crippen LogP contribution in [0, 0.1) is 13.8 Å². The fourth-order valence-electron chi connectivity index (χ4n) is 2.56. The molecule has 1 amide bonds. The Labute approximate surface area is 167 Å². The van der Waals surface area contributed by atoms with Crippen LogP contribution in [-0.4, -0.2) is 22.5 Å². The summed E-state index contributed by atoms with van der Waals surface area (Å²) in [6.07, 6.45) is 1.69. The maximum Gasteiger partial charge on any atom is 0.345 e. The maximum atomic E-state index is 12.3. The first kappa shape index (κ1) is 18.3. The van der Waals surface area contributed by atoms with Crippen molar-refractivity contribution in [2.45, 2.75) is 13.8 Å². The molecule has 28 heavy (non-hydrogen) atoms. The summed E-state index contributed by atoms with van der Waals surface area (Å²) in [5, 5.41) is 6.65. The predicted molar refractivity (Wildman–Crippen MR) is 109 cm³/mol. The average molecular weight is 413 g/mol. The van der Waals surface area contributed by atoms with Gasteiger partial charge in [-0.3, -0.25) is 10.1 Å². The van der Waals surface area contributed by atoms with Gasteiger partial charge in [0.05, 0.1) is 16.3 Å². The standard InChI is InChI=1S/C19H15N3O4S2/c1-10-7-20-19(28-10)22-17(23)8-25-13-4-3-12-5-14(15-9-27-11(2)21-15)18(24)26-16(12)6-13/h3-7,9H,8H2,1-2H3,(H,20,22,23). The molecule has 3 heterocycles. The number of ether oxygens (including phenoxy) is 1. The van der Waals surface area contributed by atoms with Gasteiger partial charge in [0.15, 0.2) is 11.7 Å². The van der Waals surface area contributed by atoms with Crippen LogP contribution in [0.5, 0.6) is 5.75 Å². The first-order chi connectivity index (χ1) is 13.5. The van der Waals surface area contributed by atoms with Gasteiger partial charge in [0.2, 0.25) is 0 Å². The van der Waals surface area contributed by atoms with Crippen LogP contribution in [0.25, 0.3) is 22.2 Å². The molecule has 4 rings (SSSR count). The lowest BCUT2D eigenvalue weighted by molar-refractivity contribution is -0.118. The van der Waals surface area contributed by atoms with Crippen LogP contribution in [0.4, 0.5) is 5.13 Å². The number of carbonyl (C=O) groups is 1. The number of hydrogen-bond donors (Lipinski definition) is 1. The molecule has 4 aromatic rings. The Morgan fingerprint density at radius 2 is 2.14 bits per heavy atom. The molecule has 9 heteroatoms. The van der Waals surface area contributed by atoms with E-state index in [0.29, 0.717) is 27.7 Å². The molecular formula is C19H15N3O4S2. The van der Waals surface area contributed by atoms with E-state index in [4.69, 9.17) is 9.15 Å². The van der Waals surface area contributed by atoms with E-state index in [1.54, 1.807) is 30.5 Å². The summed E-state index contributed by atoms with van der Waals surface area (Å²) in [4.78, 5) is 33.7. The number of aryl methyl sites for hydroxylation is 2. The van der Waals surface area contributed by atoms with E-state index < -0.39 is 5.63 Å². The lowest BCUT2D eigenvalue weighted by Gasteiger charge is -2.07. The summed E-state index contributed by atoms with van der Waals surface area (Å²) < 4.78 is 10.9. The number of carbonyl (C=O) groups excluding carboxylic acids is 1.